The predicted octanol–water partition coefficient (Wildman–Crippen LogP) is 1.89. The van der Waals surface area contributed by atoms with E-state index in [0.717, 1.165) is 36.9 Å². The van der Waals surface area contributed by atoms with Crippen molar-refractivity contribution in [2.45, 2.75) is 19.8 Å². The normalized spacial score (nSPS) is 17.1. The van der Waals surface area contributed by atoms with E-state index in [1.165, 1.54) is 0 Å². The number of aromatic nitrogens is 1. The second kappa shape index (κ2) is 7.04. The maximum absolute atomic E-state index is 12.1. The van der Waals surface area contributed by atoms with Gasteiger partial charge in [-0.05, 0) is 60.4 Å². The summed E-state index contributed by atoms with van der Waals surface area (Å²) >= 11 is 3.30. The lowest BCUT2D eigenvalue weighted by atomic mass is 9.97. The Morgan fingerprint density at radius 1 is 1.55 bits per heavy atom. The highest BCUT2D eigenvalue weighted by Gasteiger charge is 2.19. The number of hydrogen-bond acceptors (Lipinski definition) is 4. The van der Waals surface area contributed by atoms with E-state index in [4.69, 9.17) is 5.73 Å². The quantitative estimate of drug-likeness (QED) is 0.877. The van der Waals surface area contributed by atoms with E-state index >= 15 is 0 Å². The van der Waals surface area contributed by atoms with Gasteiger partial charge in [0.2, 0.25) is 0 Å². The van der Waals surface area contributed by atoms with Crippen LogP contribution in [0.25, 0.3) is 0 Å². The summed E-state index contributed by atoms with van der Waals surface area (Å²) in [6, 6.07) is 1.71. The van der Waals surface area contributed by atoms with Crippen molar-refractivity contribution >= 4 is 27.7 Å². The number of nitrogens with one attached hydrogen (secondary N) is 1. The fourth-order valence-corrected chi connectivity index (χ4v) is 2.80. The van der Waals surface area contributed by atoms with Crippen LogP contribution in [-0.4, -0.2) is 42.0 Å². The molecule has 0 aliphatic carbocycles. The third-order valence-electron chi connectivity index (χ3n) is 3.84. The van der Waals surface area contributed by atoms with Crippen LogP contribution >= 0.6 is 15.9 Å². The smallest absolute Gasteiger partial charge is 0.255 e. The molecule has 1 fully saturated rings. The number of pyridine rings is 1. The Morgan fingerprint density at radius 2 is 2.25 bits per heavy atom. The van der Waals surface area contributed by atoms with Gasteiger partial charge in [-0.25, -0.2) is 4.98 Å². The number of carbonyl (C=O) groups excluding carboxylic acids is 1. The van der Waals surface area contributed by atoms with E-state index in [1.807, 2.05) is 0 Å². The molecular formula is C14H21BrN4O. The van der Waals surface area contributed by atoms with Crippen molar-refractivity contribution in [1.82, 2.24) is 15.2 Å². The second-order valence-electron chi connectivity index (χ2n) is 5.17. The second-order valence-corrected chi connectivity index (χ2v) is 6.09. The number of amides is 1. The molecule has 0 aromatic carbocycles. The van der Waals surface area contributed by atoms with Crippen LogP contribution in [0.3, 0.4) is 0 Å². The number of carbonyl (C=O) groups is 1. The van der Waals surface area contributed by atoms with Crippen LogP contribution in [0.5, 0.6) is 0 Å². The third-order valence-corrected chi connectivity index (χ3v) is 4.27. The number of likely N-dealkylation sites (tertiary alicyclic amines) is 1. The van der Waals surface area contributed by atoms with E-state index in [2.05, 4.69) is 38.1 Å². The molecule has 3 N–H and O–H groups in total. The number of nitrogens with two attached hydrogens (primary N) is 1. The zero-order valence-electron chi connectivity index (χ0n) is 11.7. The van der Waals surface area contributed by atoms with Gasteiger partial charge < -0.3 is 16.0 Å². The van der Waals surface area contributed by atoms with Crippen LogP contribution < -0.4 is 11.1 Å². The summed E-state index contributed by atoms with van der Waals surface area (Å²) in [5.74, 6) is 0.684. The highest BCUT2D eigenvalue weighted by atomic mass is 79.9. The van der Waals surface area contributed by atoms with Gasteiger partial charge in [-0.15, -0.1) is 0 Å². The van der Waals surface area contributed by atoms with Crippen LogP contribution in [0.4, 0.5) is 5.82 Å². The maximum Gasteiger partial charge on any atom is 0.255 e. The number of rotatable bonds is 4. The van der Waals surface area contributed by atoms with Gasteiger partial charge >= 0.3 is 0 Å². The Hall–Kier alpha value is -1.14. The molecule has 6 heteroatoms. The molecule has 20 heavy (non-hydrogen) atoms. The number of hydrogen-bond donors (Lipinski definition) is 2. The molecule has 0 bridgehead atoms. The first kappa shape index (κ1) is 15.3. The fourth-order valence-electron chi connectivity index (χ4n) is 2.47. The van der Waals surface area contributed by atoms with Crippen LogP contribution in [0.15, 0.2) is 16.7 Å². The van der Waals surface area contributed by atoms with E-state index in [9.17, 15) is 4.79 Å². The summed E-state index contributed by atoms with van der Waals surface area (Å²) in [4.78, 5) is 18.5. The van der Waals surface area contributed by atoms with Crippen molar-refractivity contribution in [1.29, 1.82) is 0 Å². The molecule has 1 aliphatic heterocycles. The van der Waals surface area contributed by atoms with Gasteiger partial charge in [0, 0.05) is 17.2 Å². The summed E-state index contributed by atoms with van der Waals surface area (Å²) < 4.78 is 0.758. The van der Waals surface area contributed by atoms with Gasteiger partial charge in [0.15, 0.2) is 0 Å². The lowest BCUT2D eigenvalue weighted by Crippen LogP contribution is -2.38. The number of halogens is 1. The molecular weight excluding hydrogens is 320 g/mol. The van der Waals surface area contributed by atoms with Gasteiger partial charge in [0.05, 0.1) is 5.56 Å². The van der Waals surface area contributed by atoms with Crippen LogP contribution in [-0.2, 0) is 0 Å². The zero-order chi connectivity index (χ0) is 14.5. The number of anilines is 1. The molecule has 0 radical (unpaired) electrons. The number of nitrogen functional groups attached to an aromatic ring is 1. The molecule has 1 aromatic rings. The highest BCUT2D eigenvalue weighted by Crippen LogP contribution is 2.18. The first-order valence-electron chi connectivity index (χ1n) is 7.01. The average Bonchev–Trinajstić information content (AvgIpc) is 2.47. The summed E-state index contributed by atoms with van der Waals surface area (Å²) in [7, 11) is 0. The molecule has 1 saturated heterocycles. The number of nitrogens with zero attached hydrogens (tertiary/aromatic N) is 2. The Kier molecular flexibility index (Phi) is 5.37. The molecule has 0 unspecified atom stereocenters. The standard InChI is InChI=1S/C14H21BrN4O/c1-2-19-5-3-10(4-6-19)8-18-14(20)12-7-11(15)9-17-13(12)16/h7,9-10H,2-6,8H2,1H3,(H2,16,17)(H,18,20). The monoisotopic (exact) mass is 340 g/mol. The average molecular weight is 341 g/mol. The SMILES string of the molecule is CCN1CCC(CNC(=O)c2cc(Br)cnc2N)CC1. The first-order valence-corrected chi connectivity index (χ1v) is 7.81. The summed E-state index contributed by atoms with van der Waals surface area (Å²) in [5, 5.41) is 2.97. The fraction of sp³-hybridized carbons (Fsp3) is 0.571. The molecule has 1 amide bonds. The van der Waals surface area contributed by atoms with Gasteiger partial charge in [-0.2, -0.15) is 0 Å². The van der Waals surface area contributed by atoms with E-state index in [-0.39, 0.29) is 11.7 Å². The third kappa shape index (κ3) is 3.93. The minimum absolute atomic E-state index is 0.144. The zero-order valence-corrected chi connectivity index (χ0v) is 13.3. The topological polar surface area (TPSA) is 71.2 Å². The van der Waals surface area contributed by atoms with Crippen molar-refractivity contribution in [2.24, 2.45) is 5.92 Å². The molecule has 0 atom stereocenters. The predicted molar refractivity (Wildman–Crippen MR) is 83.5 cm³/mol. The Morgan fingerprint density at radius 3 is 2.90 bits per heavy atom. The van der Waals surface area contributed by atoms with Gasteiger partial charge in [-0.3, -0.25) is 4.79 Å². The lowest BCUT2D eigenvalue weighted by Gasteiger charge is -2.31. The first-order chi connectivity index (χ1) is 9.60. The van der Waals surface area contributed by atoms with E-state index < -0.39 is 0 Å². The summed E-state index contributed by atoms with van der Waals surface area (Å²) in [6.07, 6.45) is 3.87. The Balaban J connectivity index is 1.85. The van der Waals surface area contributed by atoms with Crippen molar-refractivity contribution in [3.63, 3.8) is 0 Å². The molecule has 2 heterocycles. The van der Waals surface area contributed by atoms with Gasteiger partial charge in [-0.1, -0.05) is 6.92 Å². The van der Waals surface area contributed by atoms with Crippen molar-refractivity contribution in [2.75, 3.05) is 31.9 Å². The van der Waals surface area contributed by atoms with E-state index in [1.54, 1.807) is 12.3 Å². The van der Waals surface area contributed by atoms with Crippen molar-refractivity contribution < 1.29 is 4.79 Å². The molecule has 0 saturated carbocycles. The van der Waals surface area contributed by atoms with E-state index in [0.29, 0.717) is 18.0 Å². The minimum atomic E-state index is -0.144. The summed E-state index contributed by atoms with van der Waals surface area (Å²) in [5.41, 5.74) is 6.17. The number of piperidine rings is 1. The molecule has 2 rings (SSSR count). The molecule has 1 aliphatic rings. The molecule has 5 nitrogen and oxygen atoms in total. The highest BCUT2D eigenvalue weighted by molar-refractivity contribution is 9.10. The Bertz CT molecular complexity index is 472. The lowest BCUT2D eigenvalue weighted by molar-refractivity contribution is 0.0937. The molecule has 0 spiro atoms. The van der Waals surface area contributed by atoms with Crippen LogP contribution in [0.1, 0.15) is 30.1 Å². The van der Waals surface area contributed by atoms with Crippen molar-refractivity contribution in [3.8, 4) is 0 Å². The van der Waals surface area contributed by atoms with Crippen LogP contribution in [0.2, 0.25) is 0 Å². The van der Waals surface area contributed by atoms with Gasteiger partial charge in [0.25, 0.3) is 5.91 Å². The maximum atomic E-state index is 12.1. The van der Waals surface area contributed by atoms with Crippen LogP contribution in [0, 0.1) is 5.92 Å². The summed E-state index contributed by atoms with van der Waals surface area (Å²) in [6.45, 7) is 6.25. The largest absolute Gasteiger partial charge is 0.383 e. The Labute approximate surface area is 128 Å². The minimum Gasteiger partial charge on any atom is -0.383 e. The molecule has 110 valence electrons. The molecule has 1 aromatic heterocycles. The van der Waals surface area contributed by atoms with Crippen molar-refractivity contribution in [3.05, 3.63) is 22.3 Å². The van der Waals surface area contributed by atoms with Gasteiger partial charge in [0.1, 0.15) is 5.82 Å².